The molecule has 2 aromatic rings. The van der Waals surface area contributed by atoms with E-state index in [0.29, 0.717) is 13.0 Å². The number of amides is 1. The van der Waals surface area contributed by atoms with Gasteiger partial charge in [-0.2, -0.15) is 5.26 Å². The molecule has 1 aromatic heterocycles. The number of ether oxygens (including phenoxy) is 1. The van der Waals surface area contributed by atoms with E-state index in [4.69, 9.17) is 10.00 Å². The van der Waals surface area contributed by atoms with Gasteiger partial charge in [-0.1, -0.05) is 18.2 Å². The molecule has 1 atom stereocenters. The predicted molar refractivity (Wildman–Crippen MR) is 103 cm³/mol. The number of anilines is 1. The monoisotopic (exact) mass is 369 g/mol. The minimum atomic E-state index is -0.0346. The molecule has 0 saturated carbocycles. The van der Waals surface area contributed by atoms with Crippen molar-refractivity contribution in [1.29, 1.82) is 5.26 Å². The number of rotatable bonds is 8. The Morgan fingerprint density at radius 1 is 1.35 bits per heavy atom. The second kappa shape index (κ2) is 9.48. The summed E-state index contributed by atoms with van der Waals surface area (Å²) >= 11 is 1.71. The van der Waals surface area contributed by atoms with Crippen molar-refractivity contribution < 1.29 is 9.53 Å². The Morgan fingerprint density at radius 3 is 2.85 bits per heavy atom. The largest absolute Gasteiger partial charge is 0.377 e. The number of carbonyl (C=O) groups is 1. The maximum absolute atomic E-state index is 12.5. The molecule has 1 saturated heterocycles. The summed E-state index contributed by atoms with van der Waals surface area (Å²) in [5.74, 6) is -0.0346. The van der Waals surface area contributed by atoms with Gasteiger partial charge >= 0.3 is 0 Å². The van der Waals surface area contributed by atoms with Gasteiger partial charge in [0.1, 0.15) is 0 Å². The molecule has 3 rings (SSSR count). The lowest BCUT2D eigenvalue weighted by molar-refractivity contribution is -0.117. The van der Waals surface area contributed by atoms with Gasteiger partial charge < -0.3 is 10.1 Å². The molecule has 1 amide bonds. The van der Waals surface area contributed by atoms with Crippen LogP contribution in [0.5, 0.6) is 0 Å². The Morgan fingerprint density at radius 2 is 2.19 bits per heavy atom. The van der Waals surface area contributed by atoms with Gasteiger partial charge in [0.05, 0.1) is 25.1 Å². The van der Waals surface area contributed by atoms with E-state index in [1.807, 2.05) is 30.3 Å². The molecular formula is C20H23N3O2S. The number of benzene rings is 1. The summed E-state index contributed by atoms with van der Waals surface area (Å²) in [6, 6.07) is 13.7. The molecule has 1 aliphatic rings. The minimum absolute atomic E-state index is 0.0346. The molecule has 0 bridgehead atoms. The van der Waals surface area contributed by atoms with Gasteiger partial charge in [-0.25, -0.2) is 0 Å². The van der Waals surface area contributed by atoms with Crippen molar-refractivity contribution in [2.24, 2.45) is 0 Å². The Balaban J connectivity index is 1.57. The highest BCUT2D eigenvalue weighted by Gasteiger charge is 2.21. The summed E-state index contributed by atoms with van der Waals surface area (Å²) in [6.07, 6.45) is 2.75. The first-order valence-electron chi connectivity index (χ1n) is 8.85. The van der Waals surface area contributed by atoms with Gasteiger partial charge in [-0.05, 0) is 42.0 Å². The zero-order valence-corrected chi connectivity index (χ0v) is 15.5. The maximum atomic E-state index is 12.5. The molecule has 0 aliphatic carbocycles. The van der Waals surface area contributed by atoms with Crippen LogP contribution in [0, 0.1) is 11.3 Å². The fraction of sp³-hybridized carbons (Fsp3) is 0.400. The summed E-state index contributed by atoms with van der Waals surface area (Å²) < 4.78 is 5.74. The highest BCUT2D eigenvalue weighted by molar-refractivity contribution is 7.09. The van der Waals surface area contributed by atoms with Crippen LogP contribution in [0.2, 0.25) is 0 Å². The first-order chi connectivity index (χ1) is 12.7. The number of nitrogens with one attached hydrogen (secondary N) is 1. The number of nitrogens with zero attached hydrogens (tertiary/aromatic N) is 2. The SMILES string of the molecule is N#CCc1ccc(NC(=O)CN(Cc2cccs2)CC2CCCO2)cc1. The van der Waals surface area contributed by atoms with Gasteiger partial charge in [0.2, 0.25) is 5.91 Å². The standard InChI is InChI=1S/C20H23N3O2S/c21-10-9-16-5-7-17(8-6-16)22-20(24)15-23(13-18-3-1-11-25-18)14-19-4-2-12-26-19/h2,4-8,12,18H,1,3,9,11,13-15H2,(H,22,24). The van der Waals surface area contributed by atoms with Crippen LogP contribution in [-0.2, 0) is 22.5 Å². The summed E-state index contributed by atoms with van der Waals surface area (Å²) in [5.41, 5.74) is 1.70. The van der Waals surface area contributed by atoms with E-state index in [9.17, 15) is 4.79 Å². The molecule has 1 unspecified atom stereocenters. The molecule has 1 aromatic carbocycles. The second-order valence-electron chi connectivity index (χ2n) is 6.46. The third-order valence-corrected chi connectivity index (χ3v) is 5.19. The van der Waals surface area contributed by atoms with Gasteiger partial charge in [0.15, 0.2) is 0 Å². The van der Waals surface area contributed by atoms with Gasteiger partial charge in [0.25, 0.3) is 0 Å². The first-order valence-corrected chi connectivity index (χ1v) is 9.73. The predicted octanol–water partition coefficient (Wildman–Crippen LogP) is 3.43. The van der Waals surface area contributed by atoms with Crippen molar-refractivity contribution in [3.05, 3.63) is 52.2 Å². The Kier molecular flexibility index (Phi) is 6.78. The van der Waals surface area contributed by atoms with Crippen LogP contribution in [0.15, 0.2) is 41.8 Å². The minimum Gasteiger partial charge on any atom is -0.377 e. The van der Waals surface area contributed by atoms with Crippen LogP contribution < -0.4 is 5.32 Å². The average Bonchev–Trinajstić information content (AvgIpc) is 3.31. The Hall–Kier alpha value is -2.20. The summed E-state index contributed by atoms with van der Waals surface area (Å²) in [5, 5.41) is 13.7. The summed E-state index contributed by atoms with van der Waals surface area (Å²) in [4.78, 5) is 15.9. The van der Waals surface area contributed by atoms with E-state index in [0.717, 1.165) is 43.8 Å². The summed E-state index contributed by atoms with van der Waals surface area (Å²) in [6.45, 7) is 2.68. The van der Waals surface area contributed by atoms with Crippen LogP contribution in [0.1, 0.15) is 23.3 Å². The molecule has 1 aliphatic heterocycles. The fourth-order valence-corrected chi connectivity index (χ4v) is 3.83. The third-order valence-electron chi connectivity index (χ3n) is 4.33. The van der Waals surface area contributed by atoms with Crippen LogP contribution in [-0.4, -0.2) is 36.6 Å². The molecule has 5 nitrogen and oxygen atoms in total. The zero-order chi connectivity index (χ0) is 18.2. The molecule has 2 heterocycles. The van der Waals surface area contributed by atoms with E-state index in [1.54, 1.807) is 11.3 Å². The molecule has 1 fully saturated rings. The second-order valence-corrected chi connectivity index (χ2v) is 7.50. The van der Waals surface area contributed by atoms with Crippen molar-refractivity contribution in [2.75, 3.05) is 25.0 Å². The molecule has 6 heteroatoms. The Bertz CT molecular complexity index is 731. The first kappa shape index (κ1) is 18.6. The zero-order valence-electron chi connectivity index (χ0n) is 14.7. The van der Waals surface area contributed by atoms with E-state index >= 15 is 0 Å². The maximum Gasteiger partial charge on any atom is 0.238 e. The van der Waals surface area contributed by atoms with Crippen LogP contribution in [0.3, 0.4) is 0 Å². The van der Waals surface area contributed by atoms with E-state index in [1.165, 1.54) is 4.88 Å². The van der Waals surface area contributed by atoms with Crippen molar-refractivity contribution in [3.8, 4) is 6.07 Å². The lowest BCUT2D eigenvalue weighted by atomic mass is 10.1. The highest BCUT2D eigenvalue weighted by atomic mass is 32.1. The summed E-state index contributed by atoms with van der Waals surface area (Å²) in [7, 11) is 0. The van der Waals surface area contributed by atoms with Crippen molar-refractivity contribution >= 4 is 22.9 Å². The third kappa shape index (κ3) is 5.67. The van der Waals surface area contributed by atoms with Crippen molar-refractivity contribution in [1.82, 2.24) is 4.90 Å². The molecule has 136 valence electrons. The topological polar surface area (TPSA) is 65.4 Å². The lowest BCUT2D eigenvalue weighted by Gasteiger charge is -2.24. The number of nitriles is 1. The van der Waals surface area contributed by atoms with Gasteiger partial charge in [0, 0.05) is 30.3 Å². The average molecular weight is 369 g/mol. The van der Waals surface area contributed by atoms with Crippen molar-refractivity contribution in [3.63, 3.8) is 0 Å². The number of thiophene rings is 1. The van der Waals surface area contributed by atoms with Gasteiger partial charge in [-0.15, -0.1) is 11.3 Å². The van der Waals surface area contributed by atoms with E-state index in [-0.39, 0.29) is 12.0 Å². The normalized spacial score (nSPS) is 16.5. The number of carbonyl (C=O) groups excluding carboxylic acids is 1. The van der Waals surface area contributed by atoms with E-state index < -0.39 is 0 Å². The quantitative estimate of drug-likeness (QED) is 0.774. The molecule has 1 N–H and O–H groups in total. The van der Waals surface area contributed by atoms with Gasteiger partial charge in [-0.3, -0.25) is 9.69 Å². The van der Waals surface area contributed by atoms with Crippen LogP contribution >= 0.6 is 11.3 Å². The van der Waals surface area contributed by atoms with Crippen LogP contribution in [0.4, 0.5) is 5.69 Å². The van der Waals surface area contributed by atoms with Crippen LogP contribution in [0.25, 0.3) is 0 Å². The number of hydrogen-bond acceptors (Lipinski definition) is 5. The number of hydrogen-bond donors (Lipinski definition) is 1. The molecule has 26 heavy (non-hydrogen) atoms. The highest BCUT2D eigenvalue weighted by Crippen LogP contribution is 2.17. The fourth-order valence-electron chi connectivity index (χ4n) is 3.09. The van der Waals surface area contributed by atoms with E-state index in [2.05, 4.69) is 27.7 Å². The van der Waals surface area contributed by atoms with Crippen molar-refractivity contribution in [2.45, 2.75) is 31.9 Å². The smallest absolute Gasteiger partial charge is 0.238 e. The molecule has 0 radical (unpaired) electrons. The lowest BCUT2D eigenvalue weighted by Crippen LogP contribution is -2.37. The molecular weight excluding hydrogens is 346 g/mol. The Labute approximate surface area is 158 Å². The molecule has 0 spiro atoms.